The topological polar surface area (TPSA) is 55.8 Å². The van der Waals surface area contributed by atoms with Crippen LogP contribution >= 0.6 is 0 Å². The van der Waals surface area contributed by atoms with Crippen LogP contribution < -0.4 is 0 Å². The number of hydrogen-bond donors (Lipinski definition) is 0. The van der Waals surface area contributed by atoms with Crippen molar-refractivity contribution >= 4 is 11.9 Å². The van der Waals surface area contributed by atoms with Gasteiger partial charge in [-0.1, -0.05) is 0 Å². The summed E-state index contributed by atoms with van der Waals surface area (Å²) in [5, 5.41) is 0. The molecule has 0 bridgehead atoms. The van der Waals surface area contributed by atoms with Crippen LogP contribution in [-0.2, 0) is 19.1 Å². The van der Waals surface area contributed by atoms with E-state index < -0.39 is 25.0 Å². The monoisotopic (exact) mass is 279 g/mol. The van der Waals surface area contributed by atoms with Crippen LogP contribution in [0.15, 0.2) is 0 Å². The van der Waals surface area contributed by atoms with Crippen molar-refractivity contribution in [2.24, 2.45) is 0 Å². The lowest BCUT2D eigenvalue weighted by Crippen LogP contribution is -2.48. The first-order valence-corrected chi connectivity index (χ1v) is 6.29. The van der Waals surface area contributed by atoms with Gasteiger partial charge in [0.05, 0.1) is 20.1 Å². The van der Waals surface area contributed by atoms with Crippen LogP contribution in [0, 0.1) is 0 Å². The summed E-state index contributed by atoms with van der Waals surface area (Å²) in [6.45, 7) is -0.241. The molecular weight excluding hydrogens is 260 g/mol. The number of halogens is 2. The number of carbonyl (C=O) groups is 2. The largest absolute Gasteiger partial charge is 0.467 e. The summed E-state index contributed by atoms with van der Waals surface area (Å²) in [4.78, 5) is 24.9. The molecule has 7 heteroatoms. The molecule has 1 aliphatic heterocycles. The molecule has 19 heavy (non-hydrogen) atoms. The minimum absolute atomic E-state index is 0.000213. The van der Waals surface area contributed by atoms with Crippen molar-refractivity contribution in [2.45, 2.75) is 38.2 Å². The third kappa shape index (κ3) is 5.10. The molecule has 0 aromatic carbocycles. The standard InChI is InChI=1S/C12H19F2NO4/c1-18-12(17)9-4-2-3-6-15(9)11(16)5-7-19-8-10(13)14/h9-10H,2-8H2,1H3. The molecule has 1 aliphatic rings. The number of hydrogen-bond acceptors (Lipinski definition) is 4. The molecule has 1 saturated heterocycles. The average molecular weight is 279 g/mol. The highest BCUT2D eigenvalue weighted by Crippen LogP contribution is 2.19. The number of nitrogens with zero attached hydrogens (tertiary/aromatic N) is 1. The molecule has 1 fully saturated rings. The van der Waals surface area contributed by atoms with E-state index in [-0.39, 0.29) is 18.9 Å². The Hall–Kier alpha value is -1.24. The smallest absolute Gasteiger partial charge is 0.328 e. The van der Waals surface area contributed by atoms with Crippen molar-refractivity contribution < 1.29 is 27.8 Å². The molecule has 1 rings (SSSR count). The van der Waals surface area contributed by atoms with E-state index in [2.05, 4.69) is 9.47 Å². The lowest BCUT2D eigenvalue weighted by molar-refractivity contribution is -0.155. The Balaban J connectivity index is 2.41. The van der Waals surface area contributed by atoms with E-state index in [1.807, 2.05) is 0 Å². The summed E-state index contributed by atoms with van der Waals surface area (Å²) in [7, 11) is 1.28. The highest BCUT2D eigenvalue weighted by molar-refractivity contribution is 5.84. The second-order valence-corrected chi connectivity index (χ2v) is 4.34. The summed E-state index contributed by atoms with van der Waals surface area (Å²) in [5.74, 6) is -0.689. The van der Waals surface area contributed by atoms with E-state index in [0.29, 0.717) is 13.0 Å². The van der Waals surface area contributed by atoms with Gasteiger partial charge in [-0.2, -0.15) is 0 Å². The number of rotatable bonds is 6. The van der Waals surface area contributed by atoms with Crippen LogP contribution in [0.1, 0.15) is 25.7 Å². The molecule has 0 spiro atoms. The van der Waals surface area contributed by atoms with E-state index in [4.69, 9.17) is 0 Å². The highest BCUT2D eigenvalue weighted by atomic mass is 19.3. The molecular formula is C12H19F2NO4. The molecule has 0 aromatic rings. The number of ether oxygens (including phenoxy) is 2. The Kier molecular flexibility index (Phi) is 6.69. The summed E-state index contributed by atoms with van der Waals surface area (Å²) in [6.07, 6.45) is -0.257. The maximum atomic E-state index is 11.9. The number of piperidine rings is 1. The summed E-state index contributed by atoms with van der Waals surface area (Å²) in [5.41, 5.74) is 0. The Labute approximate surface area is 110 Å². The number of carbonyl (C=O) groups excluding carboxylic acids is 2. The Morgan fingerprint density at radius 3 is 2.74 bits per heavy atom. The second kappa shape index (κ2) is 8.04. The van der Waals surface area contributed by atoms with Gasteiger partial charge in [0.25, 0.3) is 6.43 Å². The van der Waals surface area contributed by atoms with Gasteiger partial charge in [-0.3, -0.25) is 4.79 Å². The lowest BCUT2D eigenvalue weighted by Gasteiger charge is -2.33. The quantitative estimate of drug-likeness (QED) is 0.542. The third-order valence-corrected chi connectivity index (χ3v) is 3.00. The molecule has 0 aromatic heterocycles. The van der Waals surface area contributed by atoms with E-state index >= 15 is 0 Å². The summed E-state index contributed by atoms with van der Waals surface area (Å²) in [6, 6.07) is -0.554. The number of alkyl halides is 2. The Morgan fingerprint density at radius 1 is 1.37 bits per heavy atom. The number of esters is 1. The lowest BCUT2D eigenvalue weighted by atomic mass is 10.0. The van der Waals surface area contributed by atoms with Gasteiger partial charge < -0.3 is 14.4 Å². The molecule has 110 valence electrons. The molecule has 1 atom stereocenters. The summed E-state index contributed by atoms with van der Waals surface area (Å²) < 4.78 is 33.0. The third-order valence-electron chi connectivity index (χ3n) is 3.00. The molecule has 0 saturated carbocycles. The van der Waals surface area contributed by atoms with Gasteiger partial charge in [0.1, 0.15) is 12.6 Å². The fourth-order valence-corrected chi connectivity index (χ4v) is 2.09. The van der Waals surface area contributed by atoms with Crippen LogP contribution in [0.4, 0.5) is 8.78 Å². The number of methoxy groups -OCH3 is 1. The van der Waals surface area contributed by atoms with Crippen LogP contribution in [-0.4, -0.2) is 56.1 Å². The molecule has 0 aliphatic carbocycles. The van der Waals surface area contributed by atoms with E-state index in [9.17, 15) is 18.4 Å². The molecule has 0 radical (unpaired) electrons. The SMILES string of the molecule is COC(=O)C1CCCCN1C(=O)CCOCC(F)F. The van der Waals surface area contributed by atoms with Crippen LogP contribution in [0.2, 0.25) is 0 Å². The average Bonchev–Trinajstić information content (AvgIpc) is 2.42. The first-order valence-electron chi connectivity index (χ1n) is 6.29. The molecule has 0 N–H and O–H groups in total. The van der Waals surface area contributed by atoms with Crippen molar-refractivity contribution in [3.8, 4) is 0 Å². The van der Waals surface area contributed by atoms with Crippen molar-refractivity contribution in [3.63, 3.8) is 0 Å². The van der Waals surface area contributed by atoms with Gasteiger partial charge >= 0.3 is 5.97 Å². The van der Waals surface area contributed by atoms with Gasteiger partial charge in [0.2, 0.25) is 5.91 Å². The normalized spacial score (nSPS) is 19.6. The van der Waals surface area contributed by atoms with Crippen molar-refractivity contribution in [3.05, 3.63) is 0 Å². The number of amides is 1. The van der Waals surface area contributed by atoms with Crippen molar-refractivity contribution in [1.82, 2.24) is 4.90 Å². The van der Waals surface area contributed by atoms with Crippen molar-refractivity contribution in [2.75, 3.05) is 26.9 Å². The molecule has 5 nitrogen and oxygen atoms in total. The summed E-state index contributed by atoms with van der Waals surface area (Å²) >= 11 is 0. The fraction of sp³-hybridized carbons (Fsp3) is 0.833. The molecule has 1 amide bonds. The van der Waals surface area contributed by atoms with Gasteiger partial charge in [-0.25, -0.2) is 13.6 Å². The zero-order valence-electron chi connectivity index (χ0n) is 10.9. The van der Waals surface area contributed by atoms with Crippen LogP contribution in [0.3, 0.4) is 0 Å². The maximum Gasteiger partial charge on any atom is 0.328 e. The minimum Gasteiger partial charge on any atom is -0.467 e. The first kappa shape index (κ1) is 15.8. The molecule has 1 unspecified atom stereocenters. The highest BCUT2D eigenvalue weighted by Gasteiger charge is 2.32. The van der Waals surface area contributed by atoms with Gasteiger partial charge in [-0.15, -0.1) is 0 Å². The van der Waals surface area contributed by atoms with Gasteiger partial charge in [-0.05, 0) is 19.3 Å². The zero-order chi connectivity index (χ0) is 14.3. The van der Waals surface area contributed by atoms with E-state index in [1.54, 1.807) is 0 Å². The van der Waals surface area contributed by atoms with E-state index in [0.717, 1.165) is 12.8 Å². The van der Waals surface area contributed by atoms with Gasteiger partial charge in [0, 0.05) is 6.54 Å². The maximum absolute atomic E-state index is 11.9. The zero-order valence-corrected chi connectivity index (χ0v) is 10.9. The fourth-order valence-electron chi connectivity index (χ4n) is 2.09. The number of likely N-dealkylation sites (tertiary alicyclic amines) is 1. The Bertz CT molecular complexity index is 312. The second-order valence-electron chi connectivity index (χ2n) is 4.34. The first-order chi connectivity index (χ1) is 9.06. The minimum atomic E-state index is -2.53. The van der Waals surface area contributed by atoms with Gasteiger partial charge in [0.15, 0.2) is 0 Å². The van der Waals surface area contributed by atoms with E-state index in [1.165, 1.54) is 12.0 Å². The van der Waals surface area contributed by atoms with Crippen LogP contribution in [0.5, 0.6) is 0 Å². The predicted octanol–water partition coefficient (Wildman–Crippen LogP) is 1.21. The van der Waals surface area contributed by atoms with Crippen LogP contribution in [0.25, 0.3) is 0 Å². The Morgan fingerprint density at radius 2 is 2.11 bits per heavy atom. The molecule has 1 heterocycles. The predicted molar refractivity (Wildman–Crippen MR) is 62.8 cm³/mol. The van der Waals surface area contributed by atoms with Crippen molar-refractivity contribution in [1.29, 1.82) is 0 Å².